The molecule has 2 amide bonds. The molecule has 0 aliphatic carbocycles. The molecule has 0 N–H and O–H groups in total. The van der Waals surface area contributed by atoms with Crippen molar-refractivity contribution < 1.29 is 14.0 Å². The Hall–Kier alpha value is -3.32. The number of halogens is 1. The second-order valence-electron chi connectivity index (χ2n) is 8.53. The van der Waals surface area contributed by atoms with E-state index in [9.17, 15) is 14.0 Å². The fourth-order valence-electron chi connectivity index (χ4n) is 4.49. The Morgan fingerprint density at radius 3 is 2.56 bits per heavy atom. The molecule has 0 spiro atoms. The van der Waals surface area contributed by atoms with Crippen LogP contribution in [0.1, 0.15) is 33.6 Å². The van der Waals surface area contributed by atoms with Crippen LogP contribution in [0.25, 0.3) is 6.08 Å². The van der Waals surface area contributed by atoms with Crippen molar-refractivity contribution in [1.82, 2.24) is 14.8 Å². The van der Waals surface area contributed by atoms with E-state index in [1.165, 1.54) is 17.4 Å². The lowest BCUT2D eigenvalue weighted by Crippen LogP contribution is -2.48. The van der Waals surface area contributed by atoms with Gasteiger partial charge in [0.05, 0.1) is 4.88 Å². The number of likely N-dealkylation sites (N-methyl/N-ethyl adjacent to an activating group) is 1. The monoisotopic (exact) mass is 477 g/mol. The maximum Gasteiger partial charge on any atom is 0.263 e. The van der Waals surface area contributed by atoms with Gasteiger partial charge >= 0.3 is 0 Å². The summed E-state index contributed by atoms with van der Waals surface area (Å²) in [4.78, 5) is 34.1. The SMILES string of the molecule is CN(C(=O)c1cccs1)[C@H](Cc1ccccc1F)C1CCN(C(=O)/C=C/c2ccncc2)CC1. The molecule has 176 valence electrons. The smallest absolute Gasteiger partial charge is 0.263 e. The van der Waals surface area contributed by atoms with Gasteiger partial charge in [0, 0.05) is 44.6 Å². The second kappa shape index (κ2) is 11.2. The molecule has 4 rings (SSSR count). The van der Waals surface area contributed by atoms with Crippen molar-refractivity contribution >= 4 is 29.2 Å². The van der Waals surface area contributed by atoms with Crippen LogP contribution in [0.4, 0.5) is 4.39 Å². The summed E-state index contributed by atoms with van der Waals surface area (Å²) in [5.74, 6) is -0.154. The van der Waals surface area contributed by atoms with Gasteiger partial charge in [-0.05, 0) is 72.0 Å². The number of carbonyl (C=O) groups is 2. The summed E-state index contributed by atoms with van der Waals surface area (Å²) >= 11 is 1.41. The first-order chi connectivity index (χ1) is 16.5. The van der Waals surface area contributed by atoms with Crippen molar-refractivity contribution in [3.05, 3.63) is 94.2 Å². The molecule has 3 aromatic rings. The summed E-state index contributed by atoms with van der Waals surface area (Å²) in [5, 5.41) is 1.89. The third-order valence-electron chi connectivity index (χ3n) is 6.46. The molecule has 3 heterocycles. The van der Waals surface area contributed by atoms with Gasteiger partial charge in [-0.1, -0.05) is 24.3 Å². The molecule has 1 aliphatic heterocycles. The lowest BCUT2D eigenvalue weighted by molar-refractivity contribution is -0.127. The number of rotatable bonds is 7. The van der Waals surface area contributed by atoms with Crippen molar-refractivity contribution in [2.75, 3.05) is 20.1 Å². The van der Waals surface area contributed by atoms with E-state index in [4.69, 9.17) is 0 Å². The van der Waals surface area contributed by atoms with Gasteiger partial charge in [-0.15, -0.1) is 11.3 Å². The van der Waals surface area contributed by atoms with Crippen molar-refractivity contribution in [1.29, 1.82) is 0 Å². The van der Waals surface area contributed by atoms with Crippen LogP contribution in [0.15, 0.2) is 72.4 Å². The quantitative estimate of drug-likeness (QED) is 0.454. The summed E-state index contributed by atoms with van der Waals surface area (Å²) in [6.07, 6.45) is 8.75. The highest BCUT2D eigenvalue weighted by Crippen LogP contribution is 2.28. The van der Waals surface area contributed by atoms with E-state index < -0.39 is 0 Å². The van der Waals surface area contributed by atoms with E-state index in [0.717, 1.165) is 18.4 Å². The predicted molar refractivity (Wildman–Crippen MR) is 133 cm³/mol. The van der Waals surface area contributed by atoms with Crippen LogP contribution < -0.4 is 0 Å². The van der Waals surface area contributed by atoms with Gasteiger partial charge in [0.1, 0.15) is 5.82 Å². The molecule has 34 heavy (non-hydrogen) atoms. The van der Waals surface area contributed by atoms with E-state index in [2.05, 4.69) is 4.98 Å². The molecule has 2 aromatic heterocycles. The largest absolute Gasteiger partial charge is 0.339 e. The van der Waals surface area contributed by atoms with Crippen LogP contribution >= 0.6 is 11.3 Å². The summed E-state index contributed by atoms with van der Waals surface area (Å²) in [6.45, 7) is 1.22. The average molecular weight is 478 g/mol. The van der Waals surface area contributed by atoms with Crippen molar-refractivity contribution in [2.24, 2.45) is 5.92 Å². The topological polar surface area (TPSA) is 53.5 Å². The van der Waals surface area contributed by atoms with Gasteiger partial charge in [-0.25, -0.2) is 4.39 Å². The number of thiophene rings is 1. The molecule has 1 atom stereocenters. The van der Waals surface area contributed by atoms with Gasteiger partial charge < -0.3 is 9.80 Å². The zero-order chi connectivity index (χ0) is 23.9. The summed E-state index contributed by atoms with van der Waals surface area (Å²) in [6, 6.07) is 14.0. The Morgan fingerprint density at radius 2 is 1.88 bits per heavy atom. The molecule has 7 heteroatoms. The number of amides is 2. The number of likely N-dealkylation sites (tertiary alicyclic amines) is 1. The number of nitrogens with zero attached hydrogens (tertiary/aromatic N) is 3. The van der Waals surface area contributed by atoms with E-state index in [0.29, 0.717) is 30.0 Å². The minimum Gasteiger partial charge on any atom is -0.339 e. The van der Waals surface area contributed by atoms with E-state index in [1.54, 1.807) is 41.6 Å². The Bertz CT molecular complexity index is 1130. The van der Waals surface area contributed by atoms with Gasteiger partial charge in [-0.3, -0.25) is 14.6 Å². The lowest BCUT2D eigenvalue weighted by atomic mass is 9.84. The zero-order valence-electron chi connectivity index (χ0n) is 19.1. The first-order valence-corrected chi connectivity index (χ1v) is 12.3. The van der Waals surface area contributed by atoms with Crippen LogP contribution in [-0.2, 0) is 11.2 Å². The number of hydrogen-bond donors (Lipinski definition) is 0. The Morgan fingerprint density at radius 1 is 1.15 bits per heavy atom. The van der Waals surface area contributed by atoms with Crippen LogP contribution in [0, 0.1) is 11.7 Å². The van der Waals surface area contributed by atoms with Gasteiger partial charge in [-0.2, -0.15) is 0 Å². The summed E-state index contributed by atoms with van der Waals surface area (Å²) < 4.78 is 14.5. The highest BCUT2D eigenvalue weighted by molar-refractivity contribution is 7.12. The standard InChI is InChI=1S/C27H28FN3O2S/c1-30(27(33)25-7-4-18-34-25)24(19-22-5-2-3-6-23(22)28)21-12-16-31(17-13-21)26(32)9-8-20-10-14-29-15-11-20/h2-11,14-15,18,21,24H,12-13,16-17,19H2,1H3/b9-8+/t24-/m1/s1. The number of piperidine rings is 1. The number of benzene rings is 1. The number of hydrogen-bond acceptors (Lipinski definition) is 4. The molecular formula is C27H28FN3O2S. The van der Waals surface area contributed by atoms with Gasteiger partial charge in [0.25, 0.3) is 5.91 Å². The highest BCUT2D eigenvalue weighted by Gasteiger charge is 2.33. The third-order valence-corrected chi connectivity index (χ3v) is 7.31. The maximum absolute atomic E-state index is 14.5. The molecule has 1 fully saturated rings. The maximum atomic E-state index is 14.5. The number of pyridine rings is 1. The van der Waals surface area contributed by atoms with Crippen LogP contribution in [-0.4, -0.2) is 52.8 Å². The van der Waals surface area contributed by atoms with Gasteiger partial charge in [0.2, 0.25) is 5.91 Å². The molecule has 0 saturated carbocycles. The molecule has 1 saturated heterocycles. The molecule has 1 aliphatic rings. The predicted octanol–water partition coefficient (Wildman–Crippen LogP) is 4.92. The normalized spacial score (nSPS) is 15.4. The lowest BCUT2D eigenvalue weighted by Gasteiger charge is -2.40. The zero-order valence-corrected chi connectivity index (χ0v) is 20.0. The minimum atomic E-state index is -0.252. The van der Waals surface area contributed by atoms with Crippen molar-refractivity contribution in [3.8, 4) is 0 Å². The van der Waals surface area contributed by atoms with Crippen LogP contribution in [0.3, 0.4) is 0 Å². The fraction of sp³-hybridized carbons (Fsp3) is 0.296. The van der Waals surface area contributed by atoms with Crippen LogP contribution in [0.5, 0.6) is 0 Å². The molecule has 5 nitrogen and oxygen atoms in total. The minimum absolute atomic E-state index is 0.0241. The molecule has 0 unspecified atom stereocenters. The first kappa shape index (κ1) is 23.8. The third kappa shape index (κ3) is 5.78. The summed E-state index contributed by atoms with van der Waals surface area (Å²) in [5.41, 5.74) is 1.54. The Balaban J connectivity index is 1.45. The number of carbonyl (C=O) groups excluding carboxylic acids is 2. The molecule has 0 bridgehead atoms. The number of aromatic nitrogens is 1. The van der Waals surface area contributed by atoms with E-state index in [-0.39, 0.29) is 29.6 Å². The van der Waals surface area contributed by atoms with Crippen molar-refractivity contribution in [2.45, 2.75) is 25.3 Å². The molecule has 0 radical (unpaired) electrons. The highest BCUT2D eigenvalue weighted by atomic mass is 32.1. The Kier molecular flexibility index (Phi) is 7.85. The van der Waals surface area contributed by atoms with Crippen molar-refractivity contribution in [3.63, 3.8) is 0 Å². The summed E-state index contributed by atoms with van der Waals surface area (Å²) in [7, 11) is 1.81. The Labute approximate surface area is 203 Å². The molecular weight excluding hydrogens is 449 g/mol. The van der Waals surface area contributed by atoms with E-state index in [1.807, 2.05) is 47.7 Å². The van der Waals surface area contributed by atoms with E-state index >= 15 is 0 Å². The van der Waals surface area contributed by atoms with Gasteiger partial charge in [0.15, 0.2) is 0 Å². The van der Waals surface area contributed by atoms with Crippen LogP contribution in [0.2, 0.25) is 0 Å². The first-order valence-electron chi connectivity index (χ1n) is 11.4. The fourth-order valence-corrected chi connectivity index (χ4v) is 5.19. The average Bonchev–Trinajstić information content (AvgIpc) is 3.42. The molecule has 1 aromatic carbocycles. The second-order valence-corrected chi connectivity index (χ2v) is 9.48.